The molecule has 0 saturated carbocycles. The molecule has 12 nitrogen and oxygen atoms in total. The van der Waals surface area contributed by atoms with Crippen LogP contribution in [0.3, 0.4) is 0 Å². The molecule has 0 unspecified atom stereocenters. The molecule has 4 amide bonds. The highest BCUT2D eigenvalue weighted by molar-refractivity contribution is 5.98. The number of hydrogen-bond acceptors (Lipinski definition) is 8. The molecule has 0 spiro atoms. The van der Waals surface area contributed by atoms with Gasteiger partial charge in [-0.3, -0.25) is 14.4 Å². The minimum atomic E-state index is -1.17. The first-order valence-electron chi connectivity index (χ1n) is 19.1. The summed E-state index contributed by atoms with van der Waals surface area (Å²) in [4.78, 5) is 69.0. The molecule has 1 fully saturated rings. The summed E-state index contributed by atoms with van der Waals surface area (Å²) >= 11 is 0. The number of esters is 1. The molecule has 1 heterocycles. The molecular weight excluding hydrogens is 700 g/mol. The molecule has 12 heteroatoms. The van der Waals surface area contributed by atoms with Crippen molar-refractivity contribution in [2.45, 2.75) is 94.7 Å². The molecular formula is C43H54N4O8. The first-order chi connectivity index (χ1) is 26.4. The fourth-order valence-corrected chi connectivity index (χ4v) is 7.70. The fourth-order valence-electron chi connectivity index (χ4n) is 7.70. The van der Waals surface area contributed by atoms with Crippen LogP contribution in [-0.2, 0) is 29.3 Å². The van der Waals surface area contributed by atoms with Crippen molar-refractivity contribution in [1.82, 2.24) is 20.9 Å². The van der Waals surface area contributed by atoms with Crippen LogP contribution in [0, 0.1) is 0 Å². The average Bonchev–Trinajstić information content (AvgIpc) is 3.19. The Hall–Kier alpha value is -5.39. The number of hydrogen-bond donors (Lipinski definition) is 3. The molecule has 5 rings (SSSR count). The predicted octanol–water partition coefficient (Wildman–Crippen LogP) is 5.63. The van der Waals surface area contributed by atoms with Crippen LogP contribution in [0.5, 0.6) is 5.75 Å². The van der Waals surface area contributed by atoms with Gasteiger partial charge >= 0.3 is 12.1 Å². The predicted molar refractivity (Wildman–Crippen MR) is 208 cm³/mol. The van der Waals surface area contributed by atoms with Crippen LogP contribution < -0.4 is 20.7 Å². The Morgan fingerprint density at radius 2 is 1.53 bits per heavy atom. The number of nitrogens with one attached hydrogen (secondary N) is 3. The molecule has 3 atom stereocenters. The molecule has 55 heavy (non-hydrogen) atoms. The largest absolute Gasteiger partial charge is 0.496 e. The van der Waals surface area contributed by atoms with E-state index in [4.69, 9.17) is 14.2 Å². The van der Waals surface area contributed by atoms with Gasteiger partial charge in [0.25, 0.3) is 5.91 Å². The van der Waals surface area contributed by atoms with Crippen molar-refractivity contribution in [3.05, 3.63) is 101 Å². The monoisotopic (exact) mass is 754 g/mol. The Bertz CT molecular complexity index is 1820. The van der Waals surface area contributed by atoms with E-state index in [2.05, 4.69) is 16.0 Å². The molecule has 294 valence electrons. The Labute approximate surface area is 323 Å². The third-order valence-electron chi connectivity index (χ3n) is 10.4. The van der Waals surface area contributed by atoms with E-state index in [1.807, 2.05) is 65.6 Å². The third-order valence-corrected chi connectivity index (χ3v) is 10.4. The number of fused-ring (bicyclic) bond motifs is 1. The van der Waals surface area contributed by atoms with Crippen LogP contribution >= 0.6 is 0 Å². The van der Waals surface area contributed by atoms with Gasteiger partial charge < -0.3 is 35.1 Å². The first kappa shape index (κ1) is 40.8. The summed E-state index contributed by atoms with van der Waals surface area (Å²) in [5.41, 5.74) is 0.968. The van der Waals surface area contributed by atoms with E-state index in [1.165, 1.54) is 14.2 Å². The van der Waals surface area contributed by atoms with Crippen LogP contribution in [0.15, 0.2) is 78.9 Å². The van der Waals surface area contributed by atoms with Gasteiger partial charge in [0.05, 0.1) is 31.1 Å². The maximum Gasteiger partial charge on any atom is 0.407 e. The van der Waals surface area contributed by atoms with E-state index < -0.39 is 35.0 Å². The van der Waals surface area contributed by atoms with Gasteiger partial charge in [-0.05, 0) is 94.5 Å². The number of carbonyl (C=O) groups excluding carboxylic acids is 5. The lowest BCUT2D eigenvalue weighted by molar-refractivity contribution is -0.146. The number of benzene rings is 3. The summed E-state index contributed by atoms with van der Waals surface area (Å²) < 4.78 is 15.8. The molecule has 0 radical (unpaired) electrons. The molecule has 3 aromatic rings. The highest BCUT2D eigenvalue weighted by Crippen LogP contribution is 2.48. The minimum Gasteiger partial charge on any atom is -0.496 e. The summed E-state index contributed by atoms with van der Waals surface area (Å²) in [6.45, 7) is 6.71. The van der Waals surface area contributed by atoms with Crippen molar-refractivity contribution >= 4 is 29.8 Å². The van der Waals surface area contributed by atoms with Gasteiger partial charge in [-0.2, -0.15) is 0 Å². The first-order valence-corrected chi connectivity index (χ1v) is 19.1. The Morgan fingerprint density at radius 1 is 0.855 bits per heavy atom. The highest BCUT2D eigenvalue weighted by Gasteiger charge is 2.49. The topological polar surface area (TPSA) is 152 Å². The van der Waals surface area contributed by atoms with Crippen molar-refractivity contribution in [2.24, 2.45) is 0 Å². The van der Waals surface area contributed by atoms with E-state index in [-0.39, 0.29) is 23.8 Å². The molecule has 1 aliphatic heterocycles. The smallest absolute Gasteiger partial charge is 0.407 e. The summed E-state index contributed by atoms with van der Waals surface area (Å²) in [6.07, 6.45) is 2.87. The van der Waals surface area contributed by atoms with E-state index in [9.17, 15) is 24.0 Å². The summed E-state index contributed by atoms with van der Waals surface area (Å²) in [7, 11) is 2.83. The molecule has 0 aromatic heterocycles. The number of ether oxygens (including phenoxy) is 3. The highest BCUT2D eigenvalue weighted by atomic mass is 16.6. The lowest BCUT2D eigenvalue weighted by atomic mass is 9.62. The van der Waals surface area contributed by atoms with Crippen LogP contribution in [0.4, 0.5) is 4.79 Å². The standard InChI is InChI=1S/C43H54N4O8/c1-42(2,3)55-41(52)44-26-14-13-20-35(39(50)54-5)46-40(51)43(29-15-7-6-8-16-29)25-22-32(31-17-9-11-19-34(31)43)38(49)47-27-23-30(24-28-47)45-37(48)33-18-10-12-21-36(33)53-4/h6-12,15-19,21,30,32,35H,13-14,20,22-28H2,1-5H3,(H,44,52)(H,45,48)(H,46,51)/t32-,35+,43+/m0/s1. The maximum absolute atomic E-state index is 14.7. The number of alkyl carbamates (subject to hydrolysis) is 1. The number of nitrogens with zero attached hydrogens (tertiary/aromatic N) is 1. The van der Waals surface area contributed by atoms with E-state index in [0.29, 0.717) is 75.9 Å². The number of likely N-dealkylation sites (tertiary alicyclic amines) is 1. The number of carbonyl (C=O) groups is 5. The molecule has 0 bridgehead atoms. The summed E-state index contributed by atoms with van der Waals surface area (Å²) in [5.74, 6) is -1.06. The van der Waals surface area contributed by atoms with Crippen molar-refractivity contribution in [3.8, 4) is 5.75 Å². The molecule has 3 aromatic carbocycles. The van der Waals surface area contributed by atoms with Gasteiger partial charge in [-0.1, -0.05) is 66.7 Å². The second-order valence-electron chi connectivity index (χ2n) is 15.2. The maximum atomic E-state index is 14.7. The van der Waals surface area contributed by atoms with Crippen LogP contribution in [0.25, 0.3) is 0 Å². The fraction of sp³-hybridized carbons (Fsp3) is 0.465. The summed E-state index contributed by atoms with van der Waals surface area (Å²) in [6, 6.07) is 23.2. The van der Waals surface area contributed by atoms with Gasteiger partial charge in [0.1, 0.15) is 17.4 Å². The molecule has 1 aliphatic carbocycles. The Kier molecular flexibility index (Phi) is 13.6. The second kappa shape index (κ2) is 18.3. The quantitative estimate of drug-likeness (QED) is 0.150. The van der Waals surface area contributed by atoms with Crippen molar-refractivity contribution < 1.29 is 38.2 Å². The van der Waals surface area contributed by atoms with E-state index in [0.717, 1.165) is 16.7 Å². The van der Waals surface area contributed by atoms with E-state index >= 15 is 0 Å². The zero-order valence-electron chi connectivity index (χ0n) is 32.5. The number of para-hydroxylation sites is 1. The van der Waals surface area contributed by atoms with Crippen LogP contribution in [0.2, 0.25) is 0 Å². The number of piperidine rings is 1. The van der Waals surface area contributed by atoms with Gasteiger partial charge in [0.2, 0.25) is 11.8 Å². The zero-order chi connectivity index (χ0) is 39.6. The van der Waals surface area contributed by atoms with Crippen LogP contribution in [0.1, 0.15) is 98.7 Å². The van der Waals surface area contributed by atoms with E-state index in [1.54, 1.807) is 39.0 Å². The molecule has 3 N–H and O–H groups in total. The van der Waals surface area contributed by atoms with Gasteiger partial charge in [0.15, 0.2) is 0 Å². The van der Waals surface area contributed by atoms with Crippen molar-refractivity contribution in [2.75, 3.05) is 33.9 Å². The van der Waals surface area contributed by atoms with Gasteiger partial charge in [-0.25, -0.2) is 9.59 Å². The lowest BCUT2D eigenvalue weighted by Gasteiger charge is -2.43. The second-order valence-corrected chi connectivity index (χ2v) is 15.2. The zero-order valence-corrected chi connectivity index (χ0v) is 32.5. The number of rotatable bonds is 13. The molecule has 2 aliphatic rings. The van der Waals surface area contributed by atoms with Crippen molar-refractivity contribution in [3.63, 3.8) is 0 Å². The normalized spacial score (nSPS) is 18.9. The summed E-state index contributed by atoms with van der Waals surface area (Å²) in [5, 5.41) is 8.87. The third kappa shape index (κ3) is 9.84. The van der Waals surface area contributed by atoms with Crippen molar-refractivity contribution in [1.29, 1.82) is 0 Å². The minimum absolute atomic E-state index is 0.00328. The molecule has 1 saturated heterocycles. The average molecular weight is 755 g/mol. The van der Waals surface area contributed by atoms with Gasteiger partial charge in [-0.15, -0.1) is 0 Å². The lowest BCUT2D eigenvalue weighted by Crippen LogP contribution is -2.54. The Balaban J connectivity index is 1.30. The van der Waals surface area contributed by atoms with Gasteiger partial charge in [0, 0.05) is 25.7 Å². The SMILES string of the molecule is COC(=O)[C@@H](CCCCNC(=O)OC(C)(C)C)NC(=O)[C@@]1(c2ccccc2)CC[C@H](C(=O)N2CCC(NC(=O)c3ccccc3OC)CC2)c2ccccc21. The number of unbranched alkanes of at least 4 members (excludes halogenated alkanes) is 1. The number of amides is 4. The Morgan fingerprint density at radius 3 is 2.22 bits per heavy atom. The number of methoxy groups -OCH3 is 2. The van der Waals surface area contributed by atoms with Crippen LogP contribution in [-0.4, -0.2) is 86.2 Å².